The van der Waals surface area contributed by atoms with Crippen LogP contribution in [0.3, 0.4) is 0 Å². The smallest absolute Gasteiger partial charge is 0.437 e. The van der Waals surface area contributed by atoms with E-state index < -0.39 is 5.76 Å². The molecular formula is C17H15FN2O3. The van der Waals surface area contributed by atoms with Crippen molar-refractivity contribution in [2.45, 2.75) is 13.5 Å². The van der Waals surface area contributed by atoms with Gasteiger partial charge in [0.05, 0.1) is 6.54 Å². The number of nitrogens with zero attached hydrogens (tertiary/aromatic N) is 2. The minimum Gasteiger partial charge on any atom is -0.492 e. The number of rotatable bonds is 5. The SMILES string of the molecule is Cc1ccc(OCCn2nc(-c3ccc(F)cc3)oc2=O)cc1. The summed E-state index contributed by atoms with van der Waals surface area (Å²) in [5.74, 6) is -0.0462. The molecule has 0 saturated carbocycles. The fourth-order valence-corrected chi connectivity index (χ4v) is 2.04. The molecule has 0 saturated heterocycles. The van der Waals surface area contributed by atoms with Gasteiger partial charge in [-0.2, -0.15) is 4.68 Å². The Morgan fingerprint density at radius 3 is 2.52 bits per heavy atom. The Kier molecular flexibility index (Phi) is 4.23. The molecule has 3 rings (SSSR count). The quantitative estimate of drug-likeness (QED) is 0.726. The van der Waals surface area contributed by atoms with Gasteiger partial charge >= 0.3 is 5.76 Å². The Labute approximate surface area is 131 Å². The third kappa shape index (κ3) is 3.66. The molecule has 1 heterocycles. The molecule has 0 fully saturated rings. The van der Waals surface area contributed by atoms with E-state index in [1.165, 1.54) is 28.9 Å². The van der Waals surface area contributed by atoms with Gasteiger partial charge in [-0.25, -0.2) is 9.18 Å². The number of hydrogen-bond donors (Lipinski definition) is 0. The third-order valence-electron chi connectivity index (χ3n) is 3.29. The van der Waals surface area contributed by atoms with Crippen LogP contribution in [0.5, 0.6) is 5.75 Å². The normalized spacial score (nSPS) is 10.7. The summed E-state index contributed by atoms with van der Waals surface area (Å²) >= 11 is 0. The molecule has 0 N–H and O–H groups in total. The zero-order valence-corrected chi connectivity index (χ0v) is 12.5. The number of hydrogen-bond acceptors (Lipinski definition) is 4. The summed E-state index contributed by atoms with van der Waals surface area (Å²) in [4.78, 5) is 11.8. The molecule has 0 atom stereocenters. The Hall–Kier alpha value is -2.89. The summed E-state index contributed by atoms with van der Waals surface area (Å²) in [5, 5.41) is 4.09. The van der Waals surface area contributed by atoms with Crippen molar-refractivity contribution >= 4 is 0 Å². The van der Waals surface area contributed by atoms with Crippen LogP contribution in [0.15, 0.2) is 57.7 Å². The van der Waals surface area contributed by atoms with Crippen LogP contribution in [-0.4, -0.2) is 16.4 Å². The van der Waals surface area contributed by atoms with Crippen molar-refractivity contribution in [1.82, 2.24) is 9.78 Å². The summed E-state index contributed by atoms with van der Waals surface area (Å²) in [6.07, 6.45) is 0. The molecule has 5 nitrogen and oxygen atoms in total. The summed E-state index contributed by atoms with van der Waals surface area (Å²) in [6, 6.07) is 13.2. The monoisotopic (exact) mass is 314 g/mol. The van der Waals surface area contributed by atoms with E-state index >= 15 is 0 Å². The van der Waals surface area contributed by atoms with E-state index in [-0.39, 0.29) is 18.3 Å². The predicted octanol–water partition coefficient (Wildman–Crippen LogP) is 3.03. The predicted molar refractivity (Wildman–Crippen MR) is 82.8 cm³/mol. The van der Waals surface area contributed by atoms with Crippen LogP contribution in [0.2, 0.25) is 0 Å². The van der Waals surface area contributed by atoms with Gasteiger partial charge in [0.15, 0.2) is 0 Å². The van der Waals surface area contributed by atoms with Gasteiger partial charge in [-0.15, -0.1) is 5.10 Å². The number of aryl methyl sites for hydroxylation is 1. The second kappa shape index (κ2) is 6.48. The lowest BCUT2D eigenvalue weighted by Crippen LogP contribution is -2.20. The van der Waals surface area contributed by atoms with Crippen LogP contribution in [0.4, 0.5) is 4.39 Å². The largest absolute Gasteiger partial charge is 0.492 e. The molecule has 1 aromatic heterocycles. The summed E-state index contributed by atoms with van der Waals surface area (Å²) in [6.45, 7) is 2.55. The van der Waals surface area contributed by atoms with Gasteiger partial charge in [-0.1, -0.05) is 17.7 Å². The Morgan fingerprint density at radius 2 is 1.83 bits per heavy atom. The highest BCUT2D eigenvalue weighted by atomic mass is 19.1. The van der Waals surface area contributed by atoms with Crippen molar-refractivity contribution in [3.8, 4) is 17.2 Å². The van der Waals surface area contributed by atoms with Gasteiger partial charge in [0, 0.05) is 5.56 Å². The second-order valence-corrected chi connectivity index (χ2v) is 5.06. The molecule has 0 radical (unpaired) electrons. The zero-order valence-electron chi connectivity index (χ0n) is 12.5. The van der Waals surface area contributed by atoms with Gasteiger partial charge in [-0.3, -0.25) is 0 Å². The van der Waals surface area contributed by atoms with Crippen LogP contribution in [0.25, 0.3) is 11.5 Å². The number of benzene rings is 2. The molecule has 6 heteroatoms. The molecule has 118 valence electrons. The van der Waals surface area contributed by atoms with Crippen LogP contribution in [0, 0.1) is 12.7 Å². The third-order valence-corrected chi connectivity index (χ3v) is 3.29. The minimum absolute atomic E-state index is 0.158. The van der Waals surface area contributed by atoms with E-state index in [9.17, 15) is 9.18 Å². The van der Waals surface area contributed by atoms with E-state index in [1.807, 2.05) is 31.2 Å². The molecule has 0 aliphatic heterocycles. The first kappa shape index (κ1) is 15.0. The average molecular weight is 314 g/mol. The van der Waals surface area contributed by atoms with Crippen molar-refractivity contribution < 1.29 is 13.5 Å². The first-order valence-corrected chi connectivity index (χ1v) is 7.15. The van der Waals surface area contributed by atoms with Crippen LogP contribution < -0.4 is 10.5 Å². The molecule has 0 amide bonds. The van der Waals surface area contributed by atoms with Gasteiger partial charge in [-0.05, 0) is 43.3 Å². The first-order chi connectivity index (χ1) is 11.1. The number of halogens is 1. The van der Waals surface area contributed by atoms with E-state index in [1.54, 1.807) is 0 Å². The standard InChI is InChI=1S/C17H15FN2O3/c1-12-2-8-15(9-3-12)22-11-10-20-17(21)23-16(19-20)13-4-6-14(18)7-5-13/h2-9H,10-11H2,1H3. The topological polar surface area (TPSA) is 57.3 Å². The molecule has 0 aliphatic rings. The van der Waals surface area contributed by atoms with Crippen molar-refractivity contribution in [2.24, 2.45) is 0 Å². The first-order valence-electron chi connectivity index (χ1n) is 7.15. The maximum absolute atomic E-state index is 12.9. The minimum atomic E-state index is -0.572. The summed E-state index contributed by atoms with van der Waals surface area (Å²) in [5.41, 5.74) is 1.69. The van der Waals surface area contributed by atoms with Crippen LogP contribution >= 0.6 is 0 Å². The highest BCUT2D eigenvalue weighted by molar-refractivity contribution is 5.51. The average Bonchev–Trinajstić information content (AvgIpc) is 2.91. The molecular weight excluding hydrogens is 299 g/mol. The molecule has 23 heavy (non-hydrogen) atoms. The van der Waals surface area contributed by atoms with Crippen molar-refractivity contribution in [2.75, 3.05) is 6.61 Å². The fourth-order valence-electron chi connectivity index (χ4n) is 2.04. The molecule has 0 spiro atoms. The lowest BCUT2D eigenvalue weighted by molar-refractivity contribution is 0.285. The van der Waals surface area contributed by atoms with Crippen molar-refractivity contribution in [1.29, 1.82) is 0 Å². The van der Waals surface area contributed by atoms with Crippen molar-refractivity contribution in [3.63, 3.8) is 0 Å². The lowest BCUT2D eigenvalue weighted by Gasteiger charge is -2.05. The highest BCUT2D eigenvalue weighted by Gasteiger charge is 2.10. The molecule has 0 unspecified atom stereocenters. The van der Waals surface area contributed by atoms with Crippen LogP contribution in [-0.2, 0) is 6.54 Å². The fraction of sp³-hybridized carbons (Fsp3) is 0.176. The Balaban J connectivity index is 1.65. The lowest BCUT2D eigenvalue weighted by atomic mass is 10.2. The highest BCUT2D eigenvalue weighted by Crippen LogP contribution is 2.15. The Morgan fingerprint density at radius 1 is 1.13 bits per heavy atom. The van der Waals surface area contributed by atoms with Gasteiger partial charge in [0.25, 0.3) is 0 Å². The van der Waals surface area contributed by atoms with E-state index in [4.69, 9.17) is 9.15 Å². The van der Waals surface area contributed by atoms with Crippen LogP contribution in [0.1, 0.15) is 5.56 Å². The van der Waals surface area contributed by atoms with E-state index in [2.05, 4.69) is 5.10 Å². The maximum Gasteiger partial charge on any atom is 0.437 e. The molecule has 2 aromatic carbocycles. The Bertz CT molecular complexity index is 836. The maximum atomic E-state index is 12.9. The number of ether oxygens (including phenoxy) is 1. The van der Waals surface area contributed by atoms with E-state index in [0.29, 0.717) is 12.2 Å². The van der Waals surface area contributed by atoms with E-state index in [0.717, 1.165) is 11.3 Å². The van der Waals surface area contributed by atoms with Crippen molar-refractivity contribution in [3.05, 3.63) is 70.5 Å². The summed E-state index contributed by atoms with van der Waals surface area (Å²) < 4.78 is 24.7. The second-order valence-electron chi connectivity index (χ2n) is 5.06. The summed E-state index contributed by atoms with van der Waals surface area (Å²) in [7, 11) is 0. The molecule has 3 aromatic rings. The van der Waals surface area contributed by atoms with Gasteiger partial charge in [0.1, 0.15) is 18.2 Å². The zero-order chi connectivity index (χ0) is 16.2. The number of aromatic nitrogens is 2. The van der Waals surface area contributed by atoms with Gasteiger partial charge in [0.2, 0.25) is 5.89 Å². The molecule has 0 bridgehead atoms. The van der Waals surface area contributed by atoms with Gasteiger partial charge < -0.3 is 9.15 Å². The molecule has 0 aliphatic carbocycles.